The summed E-state index contributed by atoms with van der Waals surface area (Å²) in [6.07, 6.45) is 6.48. The summed E-state index contributed by atoms with van der Waals surface area (Å²) < 4.78 is 1.11. The molecule has 2 unspecified atom stereocenters. The van der Waals surface area contributed by atoms with Crippen molar-refractivity contribution in [3.63, 3.8) is 0 Å². The first-order valence-corrected chi connectivity index (χ1v) is 7.06. The largest absolute Gasteiger partial charge is 0.316 e. The maximum absolute atomic E-state index is 4.29. The van der Waals surface area contributed by atoms with Gasteiger partial charge in [-0.15, -0.1) is 0 Å². The number of aromatic nitrogens is 1. The van der Waals surface area contributed by atoms with Crippen LogP contribution in [0.25, 0.3) is 0 Å². The van der Waals surface area contributed by atoms with Crippen molar-refractivity contribution in [2.24, 2.45) is 0 Å². The van der Waals surface area contributed by atoms with E-state index in [-0.39, 0.29) is 0 Å². The van der Waals surface area contributed by atoms with Crippen LogP contribution in [-0.4, -0.2) is 23.1 Å². The highest BCUT2D eigenvalue weighted by Crippen LogP contribution is 2.38. The van der Waals surface area contributed by atoms with Gasteiger partial charge < -0.3 is 4.48 Å². The molecule has 2 heterocycles. The van der Waals surface area contributed by atoms with E-state index >= 15 is 0 Å². The third-order valence-corrected chi connectivity index (χ3v) is 4.35. The molecule has 0 bridgehead atoms. The van der Waals surface area contributed by atoms with Crippen LogP contribution in [0.3, 0.4) is 0 Å². The summed E-state index contributed by atoms with van der Waals surface area (Å²) in [5, 5.41) is 0. The Kier molecular flexibility index (Phi) is 3.34. The Balaban J connectivity index is 1.86. The van der Waals surface area contributed by atoms with Crippen LogP contribution in [0.15, 0.2) is 54.9 Å². The number of rotatable bonds is 3. The molecule has 19 heavy (non-hydrogen) atoms. The monoisotopic (exact) mass is 253 g/mol. The van der Waals surface area contributed by atoms with Crippen molar-refractivity contribution in [2.45, 2.75) is 25.4 Å². The molecule has 1 aromatic heterocycles. The summed E-state index contributed by atoms with van der Waals surface area (Å²) >= 11 is 0. The van der Waals surface area contributed by atoms with Gasteiger partial charge in [0.15, 0.2) is 0 Å². The molecular formula is C17H21N2+. The zero-order valence-corrected chi connectivity index (χ0v) is 11.5. The molecule has 98 valence electrons. The van der Waals surface area contributed by atoms with Crippen LogP contribution in [-0.2, 0) is 6.54 Å². The molecule has 2 heteroatoms. The molecule has 2 aromatic rings. The predicted molar refractivity (Wildman–Crippen MR) is 77.4 cm³/mol. The van der Waals surface area contributed by atoms with E-state index in [2.05, 4.69) is 54.5 Å². The first-order valence-electron chi connectivity index (χ1n) is 7.06. The van der Waals surface area contributed by atoms with Gasteiger partial charge in [0.1, 0.15) is 12.6 Å². The Labute approximate surface area is 115 Å². The Morgan fingerprint density at radius 2 is 2.00 bits per heavy atom. The van der Waals surface area contributed by atoms with Crippen molar-refractivity contribution in [2.75, 3.05) is 13.6 Å². The maximum atomic E-state index is 4.29. The van der Waals surface area contributed by atoms with Crippen molar-refractivity contribution < 1.29 is 4.48 Å². The first kappa shape index (κ1) is 12.4. The lowest BCUT2D eigenvalue weighted by atomic mass is 10.0. The van der Waals surface area contributed by atoms with Crippen LogP contribution >= 0.6 is 0 Å². The Morgan fingerprint density at radius 1 is 1.16 bits per heavy atom. The van der Waals surface area contributed by atoms with Gasteiger partial charge in [-0.25, -0.2) is 0 Å². The number of hydrogen-bond acceptors (Lipinski definition) is 1. The van der Waals surface area contributed by atoms with Gasteiger partial charge in [-0.05, 0) is 6.07 Å². The van der Waals surface area contributed by atoms with E-state index in [0.29, 0.717) is 6.04 Å². The van der Waals surface area contributed by atoms with E-state index < -0.39 is 0 Å². The minimum Gasteiger partial charge on any atom is -0.316 e. The average molecular weight is 253 g/mol. The van der Waals surface area contributed by atoms with Crippen LogP contribution in [0.1, 0.15) is 30.0 Å². The van der Waals surface area contributed by atoms with E-state index in [1.54, 1.807) is 0 Å². The molecule has 0 N–H and O–H groups in total. The quantitative estimate of drug-likeness (QED) is 0.762. The van der Waals surface area contributed by atoms with Crippen molar-refractivity contribution in [3.8, 4) is 0 Å². The van der Waals surface area contributed by atoms with Crippen LogP contribution in [0.2, 0.25) is 0 Å². The summed E-state index contributed by atoms with van der Waals surface area (Å²) in [4.78, 5) is 4.29. The molecule has 2 nitrogen and oxygen atoms in total. The van der Waals surface area contributed by atoms with E-state index in [9.17, 15) is 0 Å². The van der Waals surface area contributed by atoms with Crippen LogP contribution in [0, 0.1) is 0 Å². The number of quaternary nitrogens is 1. The lowest BCUT2D eigenvalue weighted by molar-refractivity contribution is -0.939. The molecule has 1 aliphatic heterocycles. The van der Waals surface area contributed by atoms with Crippen molar-refractivity contribution in [1.29, 1.82) is 0 Å². The van der Waals surface area contributed by atoms with Gasteiger partial charge in [-0.1, -0.05) is 36.4 Å². The molecule has 0 radical (unpaired) electrons. The fourth-order valence-corrected chi connectivity index (χ4v) is 3.40. The standard InChI is InChI=1S/C17H21N2/c1-19(14-15-7-3-2-4-8-15)12-6-10-17(19)16-9-5-11-18-13-16/h2-5,7-9,11,13,17H,6,10,12,14H2,1H3/q+1. The highest BCUT2D eigenvalue weighted by atomic mass is 15.4. The third kappa shape index (κ3) is 2.54. The minimum atomic E-state index is 0.592. The molecular weight excluding hydrogens is 232 g/mol. The second-order valence-corrected chi connectivity index (χ2v) is 5.79. The Hall–Kier alpha value is -1.67. The predicted octanol–water partition coefficient (Wildman–Crippen LogP) is 3.56. The summed E-state index contributed by atoms with van der Waals surface area (Å²) in [6.45, 7) is 2.37. The van der Waals surface area contributed by atoms with Gasteiger partial charge >= 0.3 is 0 Å². The fourth-order valence-electron chi connectivity index (χ4n) is 3.40. The molecule has 0 amide bonds. The third-order valence-electron chi connectivity index (χ3n) is 4.35. The van der Waals surface area contributed by atoms with Crippen LogP contribution in [0.5, 0.6) is 0 Å². The molecule has 0 aliphatic carbocycles. The molecule has 1 saturated heterocycles. The van der Waals surface area contributed by atoms with Crippen LogP contribution < -0.4 is 0 Å². The highest BCUT2D eigenvalue weighted by molar-refractivity contribution is 5.15. The van der Waals surface area contributed by atoms with Crippen molar-refractivity contribution in [3.05, 3.63) is 66.0 Å². The topological polar surface area (TPSA) is 12.9 Å². The van der Waals surface area contributed by atoms with E-state index in [4.69, 9.17) is 0 Å². The molecule has 2 atom stereocenters. The van der Waals surface area contributed by atoms with E-state index in [1.165, 1.54) is 30.5 Å². The number of likely N-dealkylation sites (tertiary alicyclic amines) is 1. The zero-order chi connectivity index (χ0) is 13.1. The number of benzene rings is 1. The molecule has 1 aromatic carbocycles. The summed E-state index contributed by atoms with van der Waals surface area (Å²) in [5.41, 5.74) is 2.82. The molecule has 1 aliphatic rings. The SMILES string of the molecule is C[N+]1(Cc2ccccc2)CCCC1c1cccnc1. The van der Waals surface area contributed by atoms with Crippen molar-refractivity contribution >= 4 is 0 Å². The van der Waals surface area contributed by atoms with Gasteiger partial charge in [0.05, 0.1) is 13.6 Å². The van der Waals surface area contributed by atoms with E-state index in [0.717, 1.165) is 11.0 Å². The van der Waals surface area contributed by atoms with Crippen LogP contribution in [0.4, 0.5) is 0 Å². The highest BCUT2D eigenvalue weighted by Gasteiger charge is 2.39. The molecule has 0 saturated carbocycles. The lowest BCUT2D eigenvalue weighted by Gasteiger charge is -2.36. The average Bonchev–Trinajstić information content (AvgIpc) is 2.82. The van der Waals surface area contributed by atoms with Crippen molar-refractivity contribution in [1.82, 2.24) is 4.98 Å². The zero-order valence-electron chi connectivity index (χ0n) is 11.5. The maximum Gasteiger partial charge on any atom is 0.116 e. The van der Waals surface area contributed by atoms with Gasteiger partial charge in [0.25, 0.3) is 0 Å². The fraction of sp³-hybridized carbons (Fsp3) is 0.353. The Bertz CT molecular complexity index is 523. The molecule has 1 fully saturated rings. The van der Waals surface area contributed by atoms with Gasteiger partial charge in [0.2, 0.25) is 0 Å². The second kappa shape index (κ2) is 5.14. The molecule has 3 rings (SSSR count). The van der Waals surface area contributed by atoms with Gasteiger partial charge in [-0.2, -0.15) is 0 Å². The second-order valence-electron chi connectivity index (χ2n) is 5.79. The summed E-state index contributed by atoms with van der Waals surface area (Å²) in [7, 11) is 2.39. The number of nitrogens with zero attached hydrogens (tertiary/aromatic N) is 2. The van der Waals surface area contributed by atoms with E-state index in [1.807, 2.05) is 12.4 Å². The molecule has 0 spiro atoms. The number of hydrogen-bond donors (Lipinski definition) is 0. The van der Waals surface area contributed by atoms with Gasteiger partial charge in [0, 0.05) is 36.4 Å². The smallest absolute Gasteiger partial charge is 0.116 e. The Morgan fingerprint density at radius 3 is 2.74 bits per heavy atom. The summed E-state index contributed by atoms with van der Waals surface area (Å²) in [5.74, 6) is 0. The number of pyridine rings is 1. The van der Waals surface area contributed by atoms with Gasteiger partial charge in [-0.3, -0.25) is 4.98 Å². The summed E-state index contributed by atoms with van der Waals surface area (Å²) in [6, 6.07) is 15.7. The first-order chi connectivity index (χ1) is 9.28. The normalized spacial score (nSPS) is 26.5. The lowest BCUT2D eigenvalue weighted by Crippen LogP contribution is -2.42. The minimum absolute atomic E-state index is 0.592.